The number of benzene rings is 1. The van der Waals surface area contributed by atoms with Crippen molar-refractivity contribution in [2.45, 2.75) is 13.3 Å². The number of carbonyl (C=O) groups is 1. The van der Waals surface area contributed by atoms with Crippen LogP contribution in [0.1, 0.15) is 23.7 Å². The minimum Gasteiger partial charge on any atom is -0.294 e. The van der Waals surface area contributed by atoms with Crippen molar-refractivity contribution in [3.8, 4) is 6.07 Å². The monoisotopic (exact) mass is 225 g/mol. The fourth-order valence-corrected chi connectivity index (χ4v) is 1.33. The quantitative estimate of drug-likeness (QED) is 0.741. The SMILES string of the molecule is CC(C#N)CC(=O)c1cccc(Cl)c1F. The number of nitriles is 1. The van der Waals surface area contributed by atoms with Crippen molar-refractivity contribution >= 4 is 17.4 Å². The first-order valence-electron chi connectivity index (χ1n) is 4.43. The molecule has 0 spiro atoms. The second-order valence-corrected chi connectivity index (χ2v) is 3.67. The Balaban J connectivity index is 2.93. The second-order valence-electron chi connectivity index (χ2n) is 3.26. The molecule has 0 heterocycles. The van der Waals surface area contributed by atoms with Gasteiger partial charge >= 0.3 is 0 Å². The summed E-state index contributed by atoms with van der Waals surface area (Å²) >= 11 is 5.54. The lowest BCUT2D eigenvalue weighted by atomic mass is 10.0. The third-order valence-electron chi connectivity index (χ3n) is 1.96. The van der Waals surface area contributed by atoms with Gasteiger partial charge in [0.2, 0.25) is 0 Å². The van der Waals surface area contributed by atoms with Gasteiger partial charge in [-0.05, 0) is 19.1 Å². The molecule has 0 radical (unpaired) electrons. The Morgan fingerprint density at radius 3 is 2.93 bits per heavy atom. The molecule has 0 aliphatic heterocycles. The minimum atomic E-state index is -0.714. The first-order chi connectivity index (χ1) is 7.06. The summed E-state index contributed by atoms with van der Waals surface area (Å²) in [4.78, 5) is 11.5. The first-order valence-corrected chi connectivity index (χ1v) is 4.81. The summed E-state index contributed by atoms with van der Waals surface area (Å²) in [6, 6.07) is 6.18. The van der Waals surface area contributed by atoms with Gasteiger partial charge in [0.05, 0.1) is 22.6 Å². The Hall–Kier alpha value is -1.40. The van der Waals surface area contributed by atoms with Crippen molar-refractivity contribution in [3.63, 3.8) is 0 Å². The Morgan fingerprint density at radius 2 is 2.33 bits per heavy atom. The van der Waals surface area contributed by atoms with Crippen LogP contribution in [0.25, 0.3) is 0 Å². The first kappa shape index (κ1) is 11.7. The average molecular weight is 226 g/mol. The third-order valence-corrected chi connectivity index (χ3v) is 2.26. The van der Waals surface area contributed by atoms with E-state index < -0.39 is 17.5 Å². The highest BCUT2D eigenvalue weighted by Crippen LogP contribution is 2.20. The number of ketones is 1. The van der Waals surface area contributed by atoms with Crippen LogP contribution in [0.4, 0.5) is 4.39 Å². The lowest BCUT2D eigenvalue weighted by Gasteiger charge is -2.04. The number of hydrogen-bond acceptors (Lipinski definition) is 2. The molecule has 15 heavy (non-hydrogen) atoms. The van der Waals surface area contributed by atoms with Crippen molar-refractivity contribution in [1.29, 1.82) is 5.26 Å². The summed E-state index contributed by atoms with van der Waals surface area (Å²) < 4.78 is 13.4. The van der Waals surface area contributed by atoms with Crippen molar-refractivity contribution in [2.24, 2.45) is 5.92 Å². The maximum atomic E-state index is 13.4. The summed E-state index contributed by atoms with van der Waals surface area (Å²) in [5, 5.41) is 8.45. The van der Waals surface area contributed by atoms with E-state index in [1.165, 1.54) is 18.2 Å². The Kier molecular flexibility index (Phi) is 3.81. The molecule has 0 amide bonds. The van der Waals surface area contributed by atoms with E-state index >= 15 is 0 Å². The van der Waals surface area contributed by atoms with Gasteiger partial charge in [-0.25, -0.2) is 4.39 Å². The minimum absolute atomic E-state index is 0.00770. The molecule has 1 atom stereocenters. The van der Waals surface area contributed by atoms with Crippen molar-refractivity contribution < 1.29 is 9.18 Å². The van der Waals surface area contributed by atoms with Crippen LogP contribution in [0.3, 0.4) is 0 Å². The van der Waals surface area contributed by atoms with Crippen LogP contribution in [0.5, 0.6) is 0 Å². The van der Waals surface area contributed by atoms with E-state index in [0.717, 1.165) is 0 Å². The molecular formula is C11H9ClFNO. The number of nitrogens with zero attached hydrogens (tertiary/aromatic N) is 1. The van der Waals surface area contributed by atoms with Gasteiger partial charge < -0.3 is 0 Å². The Bertz CT molecular complexity index is 425. The van der Waals surface area contributed by atoms with Gasteiger partial charge in [-0.3, -0.25) is 4.79 Å². The smallest absolute Gasteiger partial charge is 0.167 e. The molecular weight excluding hydrogens is 217 g/mol. The average Bonchev–Trinajstić information content (AvgIpc) is 2.21. The molecule has 0 aliphatic carbocycles. The Morgan fingerprint density at radius 1 is 1.67 bits per heavy atom. The third kappa shape index (κ3) is 2.77. The highest BCUT2D eigenvalue weighted by molar-refractivity contribution is 6.31. The molecule has 0 saturated carbocycles. The molecule has 0 aromatic heterocycles. The van der Waals surface area contributed by atoms with Crippen LogP contribution in [0.2, 0.25) is 5.02 Å². The van der Waals surface area contributed by atoms with Crippen LogP contribution in [0, 0.1) is 23.1 Å². The van der Waals surface area contributed by atoms with Crippen molar-refractivity contribution in [1.82, 2.24) is 0 Å². The summed E-state index contributed by atoms with van der Waals surface area (Å²) in [5.74, 6) is -1.53. The van der Waals surface area contributed by atoms with E-state index in [-0.39, 0.29) is 17.0 Å². The van der Waals surface area contributed by atoms with Crippen LogP contribution >= 0.6 is 11.6 Å². The molecule has 0 aliphatic rings. The van der Waals surface area contributed by atoms with Gasteiger partial charge in [0, 0.05) is 6.42 Å². The molecule has 78 valence electrons. The number of rotatable bonds is 3. The fourth-order valence-electron chi connectivity index (χ4n) is 1.15. The molecule has 1 aromatic carbocycles. The van der Waals surface area contributed by atoms with Crippen molar-refractivity contribution in [2.75, 3.05) is 0 Å². The topological polar surface area (TPSA) is 40.9 Å². The number of Topliss-reactive ketones (excluding diaryl/α,β-unsaturated/α-hetero) is 1. The molecule has 0 bridgehead atoms. The van der Waals surface area contributed by atoms with Crippen LogP contribution in [-0.2, 0) is 0 Å². The largest absolute Gasteiger partial charge is 0.294 e. The van der Waals surface area contributed by atoms with Gasteiger partial charge in [-0.15, -0.1) is 0 Å². The van der Waals surface area contributed by atoms with E-state index in [1.807, 2.05) is 6.07 Å². The van der Waals surface area contributed by atoms with E-state index in [1.54, 1.807) is 6.92 Å². The summed E-state index contributed by atoms with van der Waals surface area (Å²) in [6.45, 7) is 1.61. The summed E-state index contributed by atoms with van der Waals surface area (Å²) in [5.41, 5.74) is -0.0513. The maximum absolute atomic E-state index is 13.4. The molecule has 1 unspecified atom stereocenters. The van der Waals surface area contributed by atoms with Crippen LogP contribution in [-0.4, -0.2) is 5.78 Å². The molecule has 0 N–H and O–H groups in total. The predicted octanol–water partition coefficient (Wildman–Crippen LogP) is 3.21. The zero-order valence-corrected chi connectivity index (χ0v) is 8.88. The van der Waals surface area contributed by atoms with Gasteiger partial charge in [-0.1, -0.05) is 17.7 Å². The molecule has 1 rings (SSSR count). The van der Waals surface area contributed by atoms with Gasteiger partial charge in [0.25, 0.3) is 0 Å². The summed E-state index contributed by atoms with van der Waals surface area (Å²) in [6.07, 6.45) is 0.00770. The van der Waals surface area contributed by atoms with Gasteiger partial charge in [-0.2, -0.15) is 5.26 Å². The number of carbonyl (C=O) groups excluding carboxylic acids is 1. The van der Waals surface area contributed by atoms with E-state index in [0.29, 0.717) is 0 Å². The number of hydrogen-bond donors (Lipinski definition) is 0. The molecule has 1 aromatic rings. The van der Waals surface area contributed by atoms with E-state index in [9.17, 15) is 9.18 Å². The fraction of sp³-hybridized carbons (Fsp3) is 0.273. The van der Waals surface area contributed by atoms with E-state index in [4.69, 9.17) is 16.9 Å². The zero-order chi connectivity index (χ0) is 11.4. The zero-order valence-electron chi connectivity index (χ0n) is 8.13. The van der Waals surface area contributed by atoms with Crippen LogP contribution < -0.4 is 0 Å². The normalized spacial score (nSPS) is 11.9. The highest BCUT2D eigenvalue weighted by Gasteiger charge is 2.16. The van der Waals surface area contributed by atoms with Gasteiger partial charge in [0.15, 0.2) is 11.6 Å². The molecule has 4 heteroatoms. The second kappa shape index (κ2) is 4.90. The highest BCUT2D eigenvalue weighted by atomic mass is 35.5. The molecule has 0 saturated heterocycles. The predicted molar refractivity (Wildman–Crippen MR) is 55.1 cm³/mol. The lowest BCUT2D eigenvalue weighted by Crippen LogP contribution is -2.07. The van der Waals surface area contributed by atoms with Crippen LogP contribution in [0.15, 0.2) is 18.2 Å². The standard InChI is InChI=1S/C11H9ClFNO/c1-7(6-14)5-10(15)8-3-2-4-9(12)11(8)13/h2-4,7H,5H2,1H3. The Labute approximate surface area is 92.3 Å². The van der Waals surface area contributed by atoms with Gasteiger partial charge in [0.1, 0.15) is 0 Å². The lowest BCUT2D eigenvalue weighted by molar-refractivity contribution is 0.0969. The van der Waals surface area contributed by atoms with Crippen molar-refractivity contribution in [3.05, 3.63) is 34.6 Å². The maximum Gasteiger partial charge on any atom is 0.167 e. The summed E-state index contributed by atoms with van der Waals surface area (Å²) in [7, 11) is 0. The molecule has 0 fully saturated rings. The molecule has 2 nitrogen and oxygen atoms in total. The van der Waals surface area contributed by atoms with E-state index in [2.05, 4.69) is 0 Å². The number of halogens is 2.